The van der Waals surface area contributed by atoms with Gasteiger partial charge in [-0.1, -0.05) is 6.92 Å². The maximum absolute atomic E-state index is 10.0. The highest BCUT2D eigenvalue weighted by Crippen LogP contribution is 2.44. The van der Waals surface area contributed by atoms with Crippen molar-refractivity contribution in [3.63, 3.8) is 0 Å². The fourth-order valence-corrected chi connectivity index (χ4v) is 2.46. The SMILES string of the molecule is Cc1c(O)c(C)c2c(c1O)COC(C)C2C. The van der Waals surface area contributed by atoms with Crippen LogP contribution in [0.3, 0.4) is 0 Å². The molecule has 2 unspecified atom stereocenters. The van der Waals surface area contributed by atoms with Crippen LogP contribution in [0.15, 0.2) is 0 Å². The second-order valence-electron chi connectivity index (χ2n) is 4.64. The van der Waals surface area contributed by atoms with Gasteiger partial charge in [-0.2, -0.15) is 0 Å². The third-order valence-electron chi connectivity index (χ3n) is 3.73. The minimum Gasteiger partial charge on any atom is -0.507 e. The second kappa shape index (κ2) is 3.67. The van der Waals surface area contributed by atoms with E-state index in [2.05, 4.69) is 6.92 Å². The summed E-state index contributed by atoms with van der Waals surface area (Å²) in [5.74, 6) is 0.579. The largest absolute Gasteiger partial charge is 0.507 e. The van der Waals surface area contributed by atoms with Gasteiger partial charge in [-0.05, 0) is 31.9 Å². The lowest BCUT2D eigenvalue weighted by molar-refractivity contribution is 0.0224. The van der Waals surface area contributed by atoms with Gasteiger partial charge >= 0.3 is 0 Å². The zero-order valence-electron chi connectivity index (χ0n) is 10.2. The average molecular weight is 222 g/mol. The van der Waals surface area contributed by atoms with Crippen LogP contribution in [0.5, 0.6) is 11.5 Å². The molecule has 0 saturated carbocycles. The number of hydrogen-bond donors (Lipinski definition) is 2. The highest BCUT2D eigenvalue weighted by atomic mass is 16.5. The Bertz CT molecular complexity index is 438. The molecule has 2 atom stereocenters. The number of rotatable bonds is 0. The number of aromatic hydroxyl groups is 2. The molecule has 0 fully saturated rings. The average Bonchev–Trinajstić information content (AvgIpc) is 2.27. The summed E-state index contributed by atoms with van der Waals surface area (Å²) in [6.45, 7) is 8.12. The molecule has 0 bridgehead atoms. The third kappa shape index (κ3) is 1.39. The Morgan fingerprint density at radius 1 is 1.06 bits per heavy atom. The summed E-state index contributed by atoms with van der Waals surface area (Å²) in [4.78, 5) is 0. The summed E-state index contributed by atoms with van der Waals surface area (Å²) in [5.41, 5.74) is 3.28. The molecule has 2 N–H and O–H groups in total. The second-order valence-corrected chi connectivity index (χ2v) is 4.64. The molecule has 2 rings (SSSR count). The lowest BCUT2D eigenvalue weighted by atomic mass is 9.84. The molecule has 0 aliphatic carbocycles. The molecule has 0 radical (unpaired) electrons. The number of phenolic OH excluding ortho intramolecular Hbond substituents is 2. The Labute approximate surface area is 95.7 Å². The Morgan fingerprint density at radius 3 is 2.31 bits per heavy atom. The van der Waals surface area contributed by atoms with Crippen LogP contribution in [0.4, 0.5) is 0 Å². The van der Waals surface area contributed by atoms with Crippen molar-refractivity contribution in [2.75, 3.05) is 0 Å². The van der Waals surface area contributed by atoms with Crippen molar-refractivity contribution < 1.29 is 14.9 Å². The quantitative estimate of drug-likeness (QED) is 0.709. The number of phenols is 2. The minimum absolute atomic E-state index is 0.118. The molecule has 0 amide bonds. The molecular weight excluding hydrogens is 204 g/mol. The van der Waals surface area contributed by atoms with E-state index in [1.165, 1.54) is 0 Å². The lowest BCUT2D eigenvalue weighted by Crippen LogP contribution is -2.24. The van der Waals surface area contributed by atoms with Gasteiger partial charge in [0, 0.05) is 17.0 Å². The molecule has 16 heavy (non-hydrogen) atoms. The molecule has 1 aliphatic heterocycles. The van der Waals surface area contributed by atoms with Crippen LogP contribution < -0.4 is 0 Å². The normalized spacial score (nSPS) is 24.2. The first-order valence-corrected chi connectivity index (χ1v) is 5.60. The van der Waals surface area contributed by atoms with Gasteiger partial charge in [0.05, 0.1) is 12.7 Å². The molecule has 1 aromatic carbocycles. The van der Waals surface area contributed by atoms with E-state index in [0.29, 0.717) is 12.2 Å². The standard InChI is InChI=1S/C13H18O3/c1-6-9(4)16-5-10-11(6)7(2)12(14)8(3)13(10)15/h6,9,14-15H,5H2,1-4H3. The van der Waals surface area contributed by atoms with E-state index in [1.807, 2.05) is 13.8 Å². The fraction of sp³-hybridized carbons (Fsp3) is 0.538. The van der Waals surface area contributed by atoms with Gasteiger partial charge in [0.25, 0.3) is 0 Å². The summed E-state index contributed by atoms with van der Waals surface area (Å²) < 4.78 is 5.61. The molecule has 1 aromatic rings. The lowest BCUT2D eigenvalue weighted by Gasteiger charge is -2.32. The van der Waals surface area contributed by atoms with Crippen molar-refractivity contribution in [1.82, 2.24) is 0 Å². The van der Waals surface area contributed by atoms with E-state index in [1.54, 1.807) is 6.92 Å². The molecule has 88 valence electrons. The predicted octanol–water partition coefficient (Wildman–Crippen LogP) is 2.74. The van der Waals surface area contributed by atoms with Crippen molar-refractivity contribution in [1.29, 1.82) is 0 Å². The zero-order valence-corrected chi connectivity index (χ0v) is 10.2. The van der Waals surface area contributed by atoms with Crippen LogP contribution >= 0.6 is 0 Å². The van der Waals surface area contributed by atoms with Crippen LogP contribution in [-0.2, 0) is 11.3 Å². The summed E-state index contributed by atoms with van der Waals surface area (Å²) in [7, 11) is 0. The van der Waals surface area contributed by atoms with Crippen LogP contribution in [0.2, 0.25) is 0 Å². The van der Waals surface area contributed by atoms with Gasteiger partial charge < -0.3 is 14.9 Å². The molecular formula is C13H18O3. The number of ether oxygens (including phenoxy) is 1. The smallest absolute Gasteiger partial charge is 0.128 e. The van der Waals surface area contributed by atoms with E-state index in [0.717, 1.165) is 16.7 Å². The monoisotopic (exact) mass is 222 g/mol. The maximum Gasteiger partial charge on any atom is 0.128 e. The fourth-order valence-electron chi connectivity index (χ4n) is 2.46. The highest BCUT2D eigenvalue weighted by Gasteiger charge is 2.30. The third-order valence-corrected chi connectivity index (χ3v) is 3.73. The van der Waals surface area contributed by atoms with E-state index < -0.39 is 0 Å². The van der Waals surface area contributed by atoms with Gasteiger partial charge in [-0.3, -0.25) is 0 Å². The van der Waals surface area contributed by atoms with Crippen LogP contribution in [0.1, 0.15) is 42.0 Å². The summed E-state index contributed by atoms with van der Waals surface area (Å²) >= 11 is 0. The molecule has 1 aliphatic rings. The molecule has 0 spiro atoms. The minimum atomic E-state index is 0.118. The van der Waals surface area contributed by atoms with Gasteiger partial charge in [0.1, 0.15) is 11.5 Å². The van der Waals surface area contributed by atoms with Gasteiger partial charge in [0.2, 0.25) is 0 Å². The van der Waals surface area contributed by atoms with E-state index in [4.69, 9.17) is 4.74 Å². The first-order chi connectivity index (χ1) is 7.45. The van der Waals surface area contributed by atoms with Gasteiger partial charge in [-0.25, -0.2) is 0 Å². The first-order valence-electron chi connectivity index (χ1n) is 5.60. The number of hydrogen-bond acceptors (Lipinski definition) is 3. The van der Waals surface area contributed by atoms with E-state index in [-0.39, 0.29) is 23.5 Å². The molecule has 3 heteroatoms. The summed E-state index contributed by atoms with van der Waals surface area (Å²) in [6, 6.07) is 0. The number of benzene rings is 1. The molecule has 1 heterocycles. The number of fused-ring (bicyclic) bond motifs is 1. The van der Waals surface area contributed by atoms with Crippen molar-refractivity contribution >= 4 is 0 Å². The topological polar surface area (TPSA) is 49.7 Å². The summed E-state index contributed by atoms with van der Waals surface area (Å²) in [6.07, 6.45) is 0.118. The van der Waals surface area contributed by atoms with Crippen molar-refractivity contribution in [3.8, 4) is 11.5 Å². The zero-order chi connectivity index (χ0) is 12.0. The van der Waals surface area contributed by atoms with Crippen LogP contribution in [0.25, 0.3) is 0 Å². The maximum atomic E-state index is 10.0. The molecule has 3 nitrogen and oxygen atoms in total. The first kappa shape index (κ1) is 11.3. The predicted molar refractivity (Wildman–Crippen MR) is 61.9 cm³/mol. The van der Waals surface area contributed by atoms with Gasteiger partial charge in [0.15, 0.2) is 0 Å². The Hall–Kier alpha value is -1.22. The van der Waals surface area contributed by atoms with Crippen molar-refractivity contribution in [2.45, 2.75) is 46.3 Å². The molecule has 0 saturated heterocycles. The van der Waals surface area contributed by atoms with Crippen LogP contribution in [0, 0.1) is 13.8 Å². The Balaban J connectivity index is 2.72. The molecule has 0 aromatic heterocycles. The van der Waals surface area contributed by atoms with Gasteiger partial charge in [-0.15, -0.1) is 0 Å². The Kier molecular flexibility index (Phi) is 2.58. The summed E-state index contributed by atoms with van der Waals surface area (Å²) in [5, 5.41) is 20.0. The van der Waals surface area contributed by atoms with E-state index >= 15 is 0 Å². The van der Waals surface area contributed by atoms with E-state index in [9.17, 15) is 10.2 Å². The highest BCUT2D eigenvalue weighted by molar-refractivity contribution is 5.58. The van der Waals surface area contributed by atoms with Crippen LogP contribution in [-0.4, -0.2) is 16.3 Å². The van der Waals surface area contributed by atoms with Crippen molar-refractivity contribution in [3.05, 3.63) is 22.3 Å². The van der Waals surface area contributed by atoms with Crippen molar-refractivity contribution in [2.24, 2.45) is 0 Å². The Morgan fingerprint density at radius 2 is 1.69 bits per heavy atom.